The maximum atomic E-state index is 13.3. The minimum absolute atomic E-state index is 0.266. The molecule has 0 fully saturated rings. The number of nitrogens with zero attached hydrogens (tertiary/aromatic N) is 2. The first kappa shape index (κ1) is 12.5. The molecule has 2 aromatic heterocycles. The number of aryl methyl sites for hydroxylation is 1. The predicted octanol–water partition coefficient (Wildman–Crippen LogP) is 2.74. The first-order valence-corrected chi connectivity index (χ1v) is 7.50. The zero-order valence-corrected chi connectivity index (χ0v) is 11.4. The van der Waals surface area contributed by atoms with Gasteiger partial charge in [-0.2, -0.15) is 8.42 Å². The number of halogens is 1. The van der Waals surface area contributed by atoms with Gasteiger partial charge in [0.15, 0.2) is 9.99 Å². The van der Waals surface area contributed by atoms with E-state index in [9.17, 15) is 12.3 Å². The highest BCUT2D eigenvalue weighted by molar-refractivity contribution is 7.86. The molecule has 0 saturated carbocycles. The number of thiazole rings is 1. The van der Waals surface area contributed by atoms with Crippen LogP contribution in [0, 0.1) is 0 Å². The Balaban J connectivity index is 2.77. The summed E-state index contributed by atoms with van der Waals surface area (Å²) in [4.78, 5) is 5.68. The fraction of sp³-hybridized carbons (Fsp3) is 0.500. The number of imidazole rings is 1. The summed E-state index contributed by atoms with van der Waals surface area (Å²) in [6.45, 7) is 5.75. The molecule has 0 atom stereocenters. The quantitative estimate of drug-likeness (QED) is 0.810. The Morgan fingerprint density at radius 1 is 1.53 bits per heavy atom. The highest BCUT2D eigenvalue weighted by atomic mass is 32.3. The van der Waals surface area contributed by atoms with Gasteiger partial charge in [-0.1, -0.05) is 24.7 Å². The molecular weight excluding hydrogens is 263 g/mol. The van der Waals surface area contributed by atoms with E-state index in [1.54, 1.807) is 13.1 Å². The molecular formula is C10H13FN2O2S2. The molecule has 0 bridgehead atoms. The lowest BCUT2D eigenvalue weighted by Crippen LogP contribution is -2.00. The van der Waals surface area contributed by atoms with Crippen LogP contribution in [-0.2, 0) is 16.6 Å². The minimum Gasteiger partial charge on any atom is -0.278 e. The van der Waals surface area contributed by atoms with Gasteiger partial charge in [-0.05, 0) is 12.3 Å². The lowest BCUT2D eigenvalue weighted by molar-refractivity contribution is 0.545. The smallest absolute Gasteiger partial charge is 0.278 e. The van der Waals surface area contributed by atoms with E-state index in [2.05, 4.69) is 4.98 Å². The van der Waals surface area contributed by atoms with Gasteiger partial charge in [0.1, 0.15) is 0 Å². The summed E-state index contributed by atoms with van der Waals surface area (Å²) in [6, 6.07) is 0. The fourth-order valence-corrected chi connectivity index (χ4v) is 3.55. The van der Waals surface area contributed by atoms with Crippen LogP contribution < -0.4 is 0 Å². The number of rotatable bonds is 3. The lowest BCUT2D eigenvalue weighted by atomic mass is 10.2. The van der Waals surface area contributed by atoms with Crippen molar-refractivity contribution in [1.82, 2.24) is 9.38 Å². The van der Waals surface area contributed by atoms with E-state index < -0.39 is 10.2 Å². The van der Waals surface area contributed by atoms with Crippen LogP contribution in [0.4, 0.5) is 3.89 Å². The Kier molecular flexibility index (Phi) is 2.99. The molecule has 0 amide bonds. The van der Waals surface area contributed by atoms with Gasteiger partial charge in [-0.15, -0.1) is 11.3 Å². The van der Waals surface area contributed by atoms with Crippen LogP contribution in [0.1, 0.15) is 37.3 Å². The molecule has 0 aliphatic carbocycles. The summed E-state index contributed by atoms with van der Waals surface area (Å²) >= 11 is 1.39. The van der Waals surface area contributed by atoms with Crippen molar-refractivity contribution in [3.8, 4) is 0 Å². The number of hydrogen-bond acceptors (Lipinski definition) is 4. The van der Waals surface area contributed by atoms with Crippen LogP contribution in [0.2, 0.25) is 0 Å². The maximum Gasteiger partial charge on any atom is 0.350 e. The van der Waals surface area contributed by atoms with Crippen LogP contribution in [0.3, 0.4) is 0 Å². The molecule has 0 aliphatic heterocycles. The van der Waals surface area contributed by atoms with Gasteiger partial charge in [0, 0.05) is 11.1 Å². The van der Waals surface area contributed by atoms with Crippen molar-refractivity contribution < 1.29 is 12.3 Å². The second-order valence-electron chi connectivity index (χ2n) is 4.10. The minimum atomic E-state index is -4.73. The molecule has 0 spiro atoms. The van der Waals surface area contributed by atoms with Crippen molar-refractivity contribution in [3.05, 3.63) is 16.8 Å². The molecule has 4 nitrogen and oxygen atoms in total. The van der Waals surface area contributed by atoms with E-state index in [0.29, 0.717) is 11.4 Å². The van der Waals surface area contributed by atoms with Crippen LogP contribution in [0.15, 0.2) is 11.2 Å². The van der Waals surface area contributed by atoms with Gasteiger partial charge < -0.3 is 0 Å². The SMILES string of the molecule is CCc1nc2sc(C(C)C)cn2c1S(=O)(=O)F. The van der Waals surface area contributed by atoms with Gasteiger partial charge >= 0.3 is 10.2 Å². The van der Waals surface area contributed by atoms with E-state index in [1.165, 1.54) is 15.7 Å². The zero-order valence-electron chi connectivity index (χ0n) is 9.77. The van der Waals surface area contributed by atoms with E-state index in [0.717, 1.165) is 4.88 Å². The van der Waals surface area contributed by atoms with Crippen molar-refractivity contribution in [1.29, 1.82) is 0 Å². The third kappa shape index (κ3) is 2.09. The topological polar surface area (TPSA) is 51.4 Å². The molecule has 2 rings (SSSR count). The van der Waals surface area contributed by atoms with E-state index in [-0.39, 0.29) is 16.6 Å². The predicted molar refractivity (Wildman–Crippen MR) is 64.8 cm³/mol. The van der Waals surface area contributed by atoms with Gasteiger partial charge in [-0.25, -0.2) is 4.98 Å². The Morgan fingerprint density at radius 3 is 2.65 bits per heavy atom. The molecule has 0 unspecified atom stereocenters. The highest BCUT2D eigenvalue weighted by Crippen LogP contribution is 2.29. The van der Waals surface area contributed by atoms with Crippen molar-refractivity contribution >= 4 is 26.5 Å². The number of hydrogen-bond donors (Lipinski definition) is 0. The van der Waals surface area contributed by atoms with Gasteiger partial charge in [-0.3, -0.25) is 4.40 Å². The van der Waals surface area contributed by atoms with E-state index in [4.69, 9.17) is 0 Å². The molecule has 0 aliphatic rings. The normalized spacial score (nSPS) is 12.8. The van der Waals surface area contributed by atoms with Crippen LogP contribution in [-0.4, -0.2) is 17.8 Å². The van der Waals surface area contributed by atoms with Gasteiger partial charge in [0.25, 0.3) is 0 Å². The molecule has 7 heteroatoms. The third-order valence-electron chi connectivity index (χ3n) is 2.50. The van der Waals surface area contributed by atoms with Crippen molar-refractivity contribution in [2.24, 2.45) is 0 Å². The largest absolute Gasteiger partial charge is 0.350 e. The van der Waals surface area contributed by atoms with Crippen molar-refractivity contribution in [2.75, 3.05) is 0 Å². The average Bonchev–Trinajstić information content (AvgIpc) is 2.69. The average molecular weight is 276 g/mol. The van der Waals surface area contributed by atoms with Gasteiger partial charge in [0.05, 0.1) is 5.69 Å². The molecule has 94 valence electrons. The fourth-order valence-electron chi connectivity index (χ4n) is 1.64. The zero-order chi connectivity index (χ0) is 12.8. The highest BCUT2D eigenvalue weighted by Gasteiger charge is 2.25. The van der Waals surface area contributed by atoms with E-state index >= 15 is 0 Å². The second-order valence-corrected chi connectivity index (χ2v) is 6.40. The Hall–Kier alpha value is -0.950. The Labute approximate surface area is 103 Å². The molecule has 17 heavy (non-hydrogen) atoms. The van der Waals surface area contributed by atoms with Crippen LogP contribution in [0.5, 0.6) is 0 Å². The molecule has 0 saturated heterocycles. The summed E-state index contributed by atoms with van der Waals surface area (Å²) in [5, 5.41) is -0.321. The first-order chi connectivity index (χ1) is 7.84. The third-order valence-corrected chi connectivity index (χ3v) is 4.68. The summed E-state index contributed by atoms with van der Waals surface area (Å²) in [5.74, 6) is 0.266. The number of fused-ring (bicyclic) bond motifs is 1. The van der Waals surface area contributed by atoms with Crippen molar-refractivity contribution in [3.63, 3.8) is 0 Å². The standard InChI is InChI=1S/C10H13FN2O2S2/c1-4-7-9(17(11,14)15)13-5-8(6(2)3)16-10(13)12-7/h5-6H,4H2,1-3H3. The molecule has 0 radical (unpaired) electrons. The van der Waals surface area contributed by atoms with E-state index in [1.807, 2.05) is 13.8 Å². The van der Waals surface area contributed by atoms with Crippen molar-refractivity contribution in [2.45, 2.75) is 38.1 Å². The summed E-state index contributed by atoms with van der Waals surface area (Å²) < 4.78 is 36.9. The monoisotopic (exact) mass is 276 g/mol. The molecule has 2 aromatic rings. The summed E-state index contributed by atoms with van der Waals surface area (Å²) in [7, 11) is -4.73. The Morgan fingerprint density at radius 2 is 2.18 bits per heavy atom. The van der Waals surface area contributed by atoms with Gasteiger partial charge in [0.2, 0.25) is 0 Å². The second kappa shape index (κ2) is 4.06. The Bertz CT molecular complexity index is 655. The molecule has 0 N–H and O–H groups in total. The van der Waals surface area contributed by atoms with Crippen LogP contribution >= 0.6 is 11.3 Å². The lowest BCUT2D eigenvalue weighted by Gasteiger charge is -1.98. The molecule has 2 heterocycles. The molecule has 0 aromatic carbocycles. The first-order valence-electron chi connectivity index (χ1n) is 5.30. The number of aromatic nitrogens is 2. The van der Waals surface area contributed by atoms with Crippen LogP contribution in [0.25, 0.3) is 4.96 Å². The summed E-state index contributed by atoms with van der Waals surface area (Å²) in [5.41, 5.74) is 0.286. The summed E-state index contributed by atoms with van der Waals surface area (Å²) in [6.07, 6.45) is 2.05. The maximum absolute atomic E-state index is 13.3.